The van der Waals surface area contributed by atoms with Gasteiger partial charge >= 0.3 is 0 Å². The average Bonchev–Trinajstić information content (AvgIpc) is 2.91. The Labute approximate surface area is 127 Å². The number of phenolic OH excluding ortho intramolecular Hbond substituents is 1. The zero-order chi connectivity index (χ0) is 14.8. The lowest BCUT2D eigenvalue weighted by molar-refractivity contribution is -0.0373. The number of rotatable bonds is 3. The summed E-state index contributed by atoms with van der Waals surface area (Å²) >= 11 is 6.12. The van der Waals surface area contributed by atoms with E-state index in [9.17, 15) is 5.11 Å². The summed E-state index contributed by atoms with van der Waals surface area (Å²) in [5.41, 5.74) is 0.893. The molecule has 3 rings (SSSR count). The van der Waals surface area contributed by atoms with Crippen molar-refractivity contribution in [2.45, 2.75) is 12.6 Å². The lowest BCUT2D eigenvalue weighted by Gasteiger charge is -2.31. The quantitative estimate of drug-likeness (QED) is 0.916. The Hall–Kier alpha value is -1.70. The fourth-order valence-electron chi connectivity index (χ4n) is 2.36. The van der Waals surface area contributed by atoms with Crippen LogP contribution >= 0.6 is 11.6 Å². The Morgan fingerprint density at radius 2 is 2.33 bits per heavy atom. The summed E-state index contributed by atoms with van der Waals surface area (Å²) in [5.74, 6) is 0.693. The van der Waals surface area contributed by atoms with Gasteiger partial charge in [-0.3, -0.25) is 4.90 Å². The maximum Gasteiger partial charge on any atom is 0.204 e. The number of phenols is 1. The van der Waals surface area contributed by atoms with Crippen molar-refractivity contribution < 1.29 is 9.84 Å². The van der Waals surface area contributed by atoms with E-state index in [1.807, 2.05) is 6.07 Å². The molecule has 8 heteroatoms. The van der Waals surface area contributed by atoms with Crippen LogP contribution in [0.25, 0.3) is 0 Å². The van der Waals surface area contributed by atoms with E-state index in [-0.39, 0.29) is 11.9 Å². The van der Waals surface area contributed by atoms with Gasteiger partial charge in [0.15, 0.2) is 0 Å². The predicted molar refractivity (Wildman–Crippen MR) is 75.9 cm³/mol. The van der Waals surface area contributed by atoms with Gasteiger partial charge in [0, 0.05) is 19.6 Å². The molecule has 1 fully saturated rings. The first-order valence-corrected chi connectivity index (χ1v) is 7.05. The zero-order valence-corrected chi connectivity index (χ0v) is 12.4. The van der Waals surface area contributed by atoms with Crippen molar-refractivity contribution in [3.63, 3.8) is 0 Å². The van der Waals surface area contributed by atoms with Crippen LogP contribution < -0.4 is 0 Å². The van der Waals surface area contributed by atoms with Gasteiger partial charge in [0.05, 0.1) is 18.7 Å². The van der Waals surface area contributed by atoms with Gasteiger partial charge in [-0.25, -0.2) is 0 Å². The molecule has 0 bridgehead atoms. The van der Waals surface area contributed by atoms with Crippen LogP contribution in [0.15, 0.2) is 18.2 Å². The number of aromatic nitrogens is 4. The summed E-state index contributed by atoms with van der Waals surface area (Å²) in [6, 6.07) is 5.28. The van der Waals surface area contributed by atoms with Crippen molar-refractivity contribution in [3.8, 4) is 5.75 Å². The summed E-state index contributed by atoms with van der Waals surface area (Å²) in [6.07, 6.45) is -0.191. The van der Waals surface area contributed by atoms with Crippen LogP contribution in [-0.4, -0.2) is 49.9 Å². The van der Waals surface area contributed by atoms with Crippen molar-refractivity contribution in [2.75, 3.05) is 19.7 Å². The Bertz CT molecular complexity index is 633. The molecule has 0 saturated carbocycles. The third-order valence-corrected chi connectivity index (χ3v) is 3.85. The van der Waals surface area contributed by atoms with Crippen LogP contribution in [0.1, 0.15) is 17.5 Å². The van der Waals surface area contributed by atoms with Crippen LogP contribution in [-0.2, 0) is 18.3 Å². The molecule has 0 spiro atoms. The topological polar surface area (TPSA) is 76.3 Å². The number of aryl methyl sites for hydroxylation is 1. The van der Waals surface area contributed by atoms with Gasteiger partial charge in [0.2, 0.25) is 5.82 Å². The maximum atomic E-state index is 9.66. The second kappa shape index (κ2) is 5.97. The minimum Gasteiger partial charge on any atom is -0.506 e. The molecule has 2 aromatic rings. The molecule has 112 valence electrons. The molecule has 0 aliphatic carbocycles. The van der Waals surface area contributed by atoms with Gasteiger partial charge in [0.25, 0.3) is 0 Å². The van der Waals surface area contributed by atoms with E-state index in [2.05, 4.69) is 20.3 Å². The van der Waals surface area contributed by atoms with Gasteiger partial charge in [-0.15, -0.1) is 10.2 Å². The summed E-state index contributed by atoms with van der Waals surface area (Å²) in [7, 11) is 1.73. The van der Waals surface area contributed by atoms with E-state index in [0.29, 0.717) is 30.5 Å². The monoisotopic (exact) mass is 309 g/mol. The maximum absolute atomic E-state index is 9.66. The van der Waals surface area contributed by atoms with Crippen LogP contribution in [0.4, 0.5) is 0 Å². The number of halogens is 1. The second-order valence-electron chi connectivity index (χ2n) is 4.98. The van der Waals surface area contributed by atoms with Crippen molar-refractivity contribution in [1.82, 2.24) is 25.1 Å². The Morgan fingerprint density at radius 3 is 3.10 bits per heavy atom. The number of morpholine rings is 1. The normalized spacial score (nSPS) is 19.8. The molecule has 1 aromatic heterocycles. The highest BCUT2D eigenvalue weighted by atomic mass is 35.5. The predicted octanol–water partition coefficient (Wildman–Crippen LogP) is 1.14. The number of hydrogen-bond donors (Lipinski definition) is 1. The van der Waals surface area contributed by atoms with Crippen molar-refractivity contribution in [2.24, 2.45) is 7.05 Å². The molecular formula is C13H16ClN5O2. The van der Waals surface area contributed by atoms with Crippen LogP contribution in [0.5, 0.6) is 5.75 Å². The van der Waals surface area contributed by atoms with Crippen molar-refractivity contribution in [3.05, 3.63) is 34.6 Å². The highest BCUT2D eigenvalue weighted by Crippen LogP contribution is 2.28. The van der Waals surface area contributed by atoms with Gasteiger partial charge in [-0.1, -0.05) is 23.7 Å². The first-order chi connectivity index (χ1) is 10.1. The zero-order valence-electron chi connectivity index (χ0n) is 11.6. The molecule has 21 heavy (non-hydrogen) atoms. The number of ether oxygens (including phenoxy) is 1. The third-order valence-electron chi connectivity index (χ3n) is 3.41. The minimum atomic E-state index is -0.191. The lowest BCUT2D eigenvalue weighted by atomic mass is 10.1. The van der Waals surface area contributed by atoms with Gasteiger partial charge in [-0.05, 0) is 16.8 Å². The Balaban J connectivity index is 1.70. The molecule has 2 heterocycles. The smallest absolute Gasteiger partial charge is 0.204 e. The van der Waals surface area contributed by atoms with Crippen LogP contribution in [0.2, 0.25) is 5.02 Å². The van der Waals surface area contributed by atoms with Gasteiger partial charge < -0.3 is 9.84 Å². The van der Waals surface area contributed by atoms with Gasteiger partial charge in [-0.2, -0.15) is 4.80 Å². The Kier molecular flexibility index (Phi) is 4.05. The highest BCUT2D eigenvalue weighted by molar-refractivity contribution is 6.32. The molecule has 1 saturated heterocycles. The number of aromatic hydroxyl groups is 1. The molecule has 1 unspecified atom stereocenters. The van der Waals surface area contributed by atoms with E-state index in [0.717, 1.165) is 12.1 Å². The molecule has 1 N–H and O–H groups in total. The fourth-order valence-corrected chi connectivity index (χ4v) is 2.54. The standard InChI is InChI=1S/C13H16ClN5O2/c1-18-16-13(15-17-18)11-8-19(5-6-21-11)7-9-3-2-4-10(20)12(9)14/h2-4,11,20H,5-8H2,1H3. The SMILES string of the molecule is Cn1nnc(C2CN(Cc3cccc(O)c3Cl)CCO2)n1. The molecule has 0 radical (unpaired) electrons. The Morgan fingerprint density at radius 1 is 1.48 bits per heavy atom. The first-order valence-electron chi connectivity index (χ1n) is 6.67. The number of benzene rings is 1. The minimum absolute atomic E-state index is 0.106. The summed E-state index contributed by atoms with van der Waals surface area (Å²) in [6.45, 7) is 2.70. The van der Waals surface area contributed by atoms with E-state index < -0.39 is 0 Å². The van der Waals surface area contributed by atoms with Crippen molar-refractivity contribution >= 4 is 11.6 Å². The average molecular weight is 310 g/mol. The fraction of sp³-hybridized carbons (Fsp3) is 0.462. The van der Waals surface area contributed by atoms with E-state index in [1.165, 1.54) is 4.80 Å². The molecule has 0 amide bonds. The van der Waals surface area contributed by atoms with E-state index >= 15 is 0 Å². The van der Waals surface area contributed by atoms with Crippen LogP contribution in [0, 0.1) is 0 Å². The summed E-state index contributed by atoms with van der Waals surface area (Å²) in [5, 5.41) is 22.1. The molecule has 1 aliphatic heterocycles. The van der Waals surface area contributed by atoms with Crippen LogP contribution in [0.3, 0.4) is 0 Å². The van der Waals surface area contributed by atoms with Crippen molar-refractivity contribution in [1.29, 1.82) is 0 Å². The number of nitrogens with zero attached hydrogens (tertiary/aromatic N) is 5. The largest absolute Gasteiger partial charge is 0.506 e. The summed E-state index contributed by atoms with van der Waals surface area (Å²) < 4.78 is 5.70. The van der Waals surface area contributed by atoms with E-state index in [1.54, 1.807) is 19.2 Å². The highest BCUT2D eigenvalue weighted by Gasteiger charge is 2.26. The van der Waals surface area contributed by atoms with E-state index in [4.69, 9.17) is 16.3 Å². The number of tetrazole rings is 1. The number of hydrogen-bond acceptors (Lipinski definition) is 6. The first kappa shape index (κ1) is 14.2. The second-order valence-corrected chi connectivity index (χ2v) is 5.36. The molecule has 1 aliphatic rings. The third kappa shape index (κ3) is 3.15. The molecule has 7 nitrogen and oxygen atoms in total. The molecule has 1 aromatic carbocycles. The summed E-state index contributed by atoms with van der Waals surface area (Å²) in [4.78, 5) is 3.62. The molecular weight excluding hydrogens is 294 g/mol. The van der Waals surface area contributed by atoms with Gasteiger partial charge in [0.1, 0.15) is 11.9 Å². The lowest BCUT2D eigenvalue weighted by Crippen LogP contribution is -2.38. The molecule has 1 atom stereocenters.